The third kappa shape index (κ3) is 2.42. The Hall–Kier alpha value is -1.13. The van der Waals surface area contributed by atoms with Crippen LogP contribution in [0.3, 0.4) is 0 Å². The zero-order valence-corrected chi connectivity index (χ0v) is 13.2. The van der Waals surface area contributed by atoms with E-state index in [1.165, 1.54) is 16.7 Å². The van der Waals surface area contributed by atoms with Crippen LogP contribution < -0.4 is 5.32 Å². The van der Waals surface area contributed by atoms with Gasteiger partial charge >= 0.3 is 0 Å². The first-order chi connectivity index (χ1) is 9.63. The molecule has 2 aliphatic heterocycles. The Morgan fingerprint density at radius 2 is 1.85 bits per heavy atom. The van der Waals surface area contributed by atoms with Gasteiger partial charge in [0.05, 0.1) is 5.71 Å². The van der Waals surface area contributed by atoms with E-state index in [1.54, 1.807) is 11.8 Å². The Kier molecular flexibility index (Phi) is 3.69. The van der Waals surface area contributed by atoms with Crippen LogP contribution in [0.5, 0.6) is 0 Å². The van der Waals surface area contributed by atoms with Crippen molar-refractivity contribution in [1.29, 1.82) is 0 Å². The summed E-state index contributed by atoms with van der Waals surface area (Å²) in [5.41, 5.74) is 4.74. The van der Waals surface area contributed by atoms with Gasteiger partial charge in [-0.05, 0) is 50.4 Å². The molecule has 3 nitrogen and oxygen atoms in total. The molecule has 20 heavy (non-hydrogen) atoms. The normalized spacial score (nSPS) is 20.9. The maximum Gasteiger partial charge on any atom is 0.154 e. The predicted molar refractivity (Wildman–Crippen MR) is 88.2 cm³/mol. The summed E-state index contributed by atoms with van der Waals surface area (Å²) in [6.45, 7) is 6.32. The van der Waals surface area contributed by atoms with Crippen LogP contribution in [0, 0.1) is 13.8 Å². The van der Waals surface area contributed by atoms with E-state index >= 15 is 0 Å². The molecular weight excluding hydrogens is 266 g/mol. The summed E-state index contributed by atoms with van der Waals surface area (Å²) in [6.07, 6.45) is 4.10. The number of aliphatic imine (C=N–C) groups is 2. The van der Waals surface area contributed by atoms with E-state index in [1.807, 2.05) is 0 Å². The molecule has 0 unspecified atom stereocenters. The molecular formula is C16H21N3S. The highest BCUT2D eigenvalue weighted by molar-refractivity contribution is 8.15. The van der Waals surface area contributed by atoms with Gasteiger partial charge in [0.2, 0.25) is 0 Å². The largest absolute Gasteiger partial charge is 0.316 e. The molecule has 1 fully saturated rings. The summed E-state index contributed by atoms with van der Waals surface area (Å²) >= 11 is 1.71. The molecule has 0 bridgehead atoms. The highest BCUT2D eigenvalue weighted by Crippen LogP contribution is 2.33. The minimum absolute atomic E-state index is 0.197. The Morgan fingerprint density at radius 1 is 1.10 bits per heavy atom. The first-order valence-electron chi connectivity index (χ1n) is 7.16. The first-order valence-corrected chi connectivity index (χ1v) is 8.38. The smallest absolute Gasteiger partial charge is 0.154 e. The number of hydrogen-bond acceptors (Lipinski definition) is 4. The molecule has 0 saturated carbocycles. The van der Waals surface area contributed by atoms with Crippen LogP contribution in [-0.4, -0.2) is 35.8 Å². The second kappa shape index (κ2) is 5.34. The first kappa shape index (κ1) is 13.8. The maximum absolute atomic E-state index is 5.02. The minimum Gasteiger partial charge on any atom is -0.316 e. The number of nitrogens with zero attached hydrogens (tertiary/aromatic N) is 2. The number of nitrogens with one attached hydrogen (secondary N) is 1. The van der Waals surface area contributed by atoms with Gasteiger partial charge < -0.3 is 5.32 Å². The monoisotopic (exact) mass is 287 g/mol. The molecule has 0 amide bonds. The van der Waals surface area contributed by atoms with E-state index in [0.29, 0.717) is 0 Å². The van der Waals surface area contributed by atoms with E-state index in [0.717, 1.165) is 36.7 Å². The molecule has 2 aliphatic rings. The summed E-state index contributed by atoms with van der Waals surface area (Å²) < 4.78 is 0. The number of aryl methyl sites for hydroxylation is 2. The van der Waals surface area contributed by atoms with Crippen LogP contribution in [-0.2, 0) is 0 Å². The topological polar surface area (TPSA) is 36.8 Å². The Bertz CT molecular complexity index is 583. The molecule has 106 valence electrons. The van der Waals surface area contributed by atoms with Crippen molar-refractivity contribution in [1.82, 2.24) is 5.32 Å². The van der Waals surface area contributed by atoms with Gasteiger partial charge in [-0.3, -0.25) is 4.99 Å². The number of piperidine rings is 1. The summed E-state index contributed by atoms with van der Waals surface area (Å²) in [6, 6.07) is 6.59. The second-order valence-electron chi connectivity index (χ2n) is 5.61. The quantitative estimate of drug-likeness (QED) is 0.862. The van der Waals surface area contributed by atoms with Crippen molar-refractivity contribution in [3.63, 3.8) is 0 Å². The van der Waals surface area contributed by atoms with Crippen LogP contribution in [0.2, 0.25) is 0 Å². The number of thioether (sulfide) groups is 1. The second-order valence-corrected chi connectivity index (χ2v) is 6.41. The molecule has 3 rings (SSSR count). The molecule has 1 spiro atoms. The number of benzene rings is 1. The lowest BCUT2D eigenvalue weighted by Gasteiger charge is -2.27. The molecule has 0 aliphatic carbocycles. The lowest BCUT2D eigenvalue weighted by Crippen LogP contribution is -2.38. The van der Waals surface area contributed by atoms with Crippen molar-refractivity contribution in [2.45, 2.75) is 32.4 Å². The summed E-state index contributed by atoms with van der Waals surface area (Å²) in [7, 11) is 0. The number of hydrogen-bond donors (Lipinski definition) is 1. The van der Waals surface area contributed by atoms with Gasteiger partial charge in [0.1, 0.15) is 5.04 Å². The van der Waals surface area contributed by atoms with Crippen LogP contribution in [0.4, 0.5) is 0 Å². The maximum atomic E-state index is 5.02. The van der Waals surface area contributed by atoms with Crippen LogP contribution in [0.1, 0.15) is 29.5 Å². The molecule has 0 atom stereocenters. The van der Waals surface area contributed by atoms with E-state index < -0.39 is 0 Å². The Labute approximate surface area is 125 Å². The standard InChI is InChI=1S/C16H21N3S/c1-11-4-5-13(10-12(11)2)14-15(20-3)19-16(18-14)6-8-17-9-7-16/h4-5,10,17H,6-9H2,1-3H3. The van der Waals surface area contributed by atoms with E-state index in [-0.39, 0.29) is 5.66 Å². The zero-order valence-electron chi connectivity index (χ0n) is 12.4. The predicted octanol–water partition coefficient (Wildman–Crippen LogP) is 2.95. The van der Waals surface area contributed by atoms with Gasteiger partial charge in [0.15, 0.2) is 5.66 Å². The van der Waals surface area contributed by atoms with Crippen molar-refractivity contribution in [3.05, 3.63) is 34.9 Å². The van der Waals surface area contributed by atoms with Crippen LogP contribution in [0.25, 0.3) is 0 Å². The fourth-order valence-corrected chi connectivity index (χ4v) is 3.41. The van der Waals surface area contributed by atoms with Crippen LogP contribution >= 0.6 is 11.8 Å². The van der Waals surface area contributed by atoms with Crippen LogP contribution in [0.15, 0.2) is 28.2 Å². The fourth-order valence-electron chi connectivity index (χ4n) is 2.79. The molecule has 0 radical (unpaired) electrons. The van der Waals surface area contributed by atoms with E-state index in [2.05, 4.69) is 43.6 Å². The average Bonchev–Trinajstić information content (AvgIpc) is 2.81. The fraction of sp³-hybridized carbons (Fsp3) is 0.500. The molecule has 1 aromatic rings. The molecule has 1 saturated heterocycles. The van der Waals surface area contributed by atoms with Gasteiger partial charge in [-0.2, -0.15) is 0 Å². The zero-order chi connectivity index (χ0) is 14.2. The summed E-state index contributed by atoms with van der Waals surface area (Å²) in [4.78, 5) is 9.97. The lowest BCUT2D eigenvalue weighted by atomic mass is 10.00. The van der Waals surface area contributed by atoms with Crippen molar-refractivity contribution in [2.75, 3.05) is 19.3 Å². The molecule has 0 aromatic heterocycles. The molecule has 1 N–H and O–H groups in total. The summed E-state index contributed by atoms with van der Waals surface area (Å²) in [5.74, 6) is 0. The molecule has 4 heteroatoms. The lowest BCUT2D eigenvalue weighted by molar-refractivity contribution is 0.332. The van der Waals surface area contributed by atoms with Crippen molar-refractivity contribution in [3.8, 4) is 0 Å². The number of rotatable bonds is 1. The Balaban J connectivity index is 2.01. The van der Waals surface area contributed by atoms with E-state index in [9.17, 15) is 0 Å². The highest BCUT2D eigenvalue weighted by Gasteiger charge is 2.37. The highest BCUT2D eigenvalue weighted by atomic mass is 32.2. The van der Waals surface area contributed by atoms with Gasteiger partial charge in [-0.15, -0.1) is 11.8 Å². The van der Waals surface area contributed by atoms with Crippen molar-refractivity contribution in [2.24, 2.45) is 9.98 Å². The van der Waals surface area contributed by atoms with Gasteiger partial charge in [-0.25, -0.2) is 4.99 Å². The van der Waals surface area contributed by atoms with E-state index in [4.69, 9.17) is 9.98 Å². The van der Waals surface area contributed by atoms with Gasteiger partial charge in [0.25, 0.3) is 0 Å². The minimum atomic E-state index is -0.197. The summed E-state index contributed by atoms with van der Waals surface area (Å²) in [5, 5.41) is 4.49. The Morgan fingerprint density at radius 3 is 2.50 bits per heavy atom. The third-order valence-corrected chi connectivity index (χ3v) is 4.88. The van der Waals surface area contributed by atoms with Gasteiger partial charge in [-0.1, -0.05) is 12.1 Å². The van der Waals surface area contributed by atoms with Gasteiger partial charge in [0, 0.05) is 18.4 Å². The SMILES string of the molecule is CSC1=NC2(CCNCC2)N=C1c1ccc(C)c(C)c1. The third-order valence-electron chi connectivity index (χ3n) is 4.21. The molecule has 2 heterocycles. The molecule has 1 aromatic carbocycles. The average molecular weight is 287 g/mol. The van der Waals surface area contributed by atoms with Crippen molar-refractivity contribution >= 4 is 22.5 Å². The van der Waals surface area contributed by atoms with Crippen molar-refractivity contribution < 1.29 is 0 Å².